The van der Waals surface area contributed by atoms with Gasteiger partial charge in [-0.3, -0.25) is 4.79 Å². The molecular weight excluding hydrogens is 116 g/mol. The molecule has 0 fully saturated rings. The molecule has 0 rings (SSSR count). The number of quaternary nitrogens is 1. The Morgan fingerprint density at radius 3 is 2.78 bits per heavy atom. The Hall–Kier alpha value is -0.570. The van der Waals surface area contributed by atoms with Crippen molar-refractivity contribution in [1.29, 1.82) is 0 Å². The predicted molar refractivity (Wildman–Crippen MR) is 35.7 cm³/mol. The van der Waals surface area contributed by atoms with E-state index in [0.29, 0.717) is 6.42 Å². The van der Waals surface area contributed by atoms with E-state index in [1.807, 2.05) is 6.92 Å². The number of nitrogens with one attached hydrogen (secondary N) is 1. The molecule has 0 aromatic heterocycles. The fraction of sp³-hybridized carbons (Fsp3) is 0.833. The molecule has 0 heterocycles. The molecule has 0 aliphatic rings. The minimum atomic E-state index is 0.128. The third-order valence-corrected chi connectivity index (χ3v) is 1.07. The zero-order valence-corrected chi connectivity index (χ0v) is 5.94. The first kappa shape index (κ1) is 8.43. The first-order valence-electron chi connectivity index (χ1n) is 3.37. The van der Waals surface area contributed by atoms with Gasteiger partial charge in [0.15, 0.2) is 0 Å². The molecule has 0 unspecified atom stereocenters. The SMILES string of the molecule is CCC(=O)NCCC[NH3+]. The largest absolute Gasteiger partial charge is 0.358 e. The highest BCUT2D eigenvalue weighted by Gasteiger charge is 1.92. The van der Waals surface area contributed by atoms with Crippen LogP contribution in [0.25, 0.3) is 0 Å². The van der Waals surface area contributed by atoms with Gasteiger partial charge in [0.05, 0.1) is 6.54 Å². The van der Waals surface area contributed by atoms with Crippen LogP contribution in [0.5, 0.6) is 0 Å². The summed E-state index contributed by atoms with van der Waals surface area (Å²) in [5, 5.41) is 2.75. The summed E-state index contributed by atoms with van der Waals surface area (Å²) in [6.45, 7) is 3.51. The van der Waals surface area contributed by atoms with E-state index in [9.17, 15) is 4.79 Å². The van der Waals surface area contributed by atoms with Crippen LogP contribution >= 0.6 is 0 Å². The molecule has 0 atom stereocenters. The molecule has 9 heavy (non-hydrogen) atoms. The molecule has 0 saturated heterocycles. The van der Waals surface area contributed by atoms with E-state index in [1.165, 1.54) is 0 Å². The van der Waals surface area contributed by atoms with Gasteiger partial charge in [0, 0.05) is 19.4 Å². The number of rotatable bonds is 4. The van der Waals surface area contributed by atoms with Gasteiger partial charge in [-0.25, -0.2) is 0 Å². The molecular formula is C6H15N2O+. The van der Waals surface area contributed by atoms with Crippen molar-refractivity contribution >= 4 is 5.91 Å². The summed E-state index contributed by atoms with van der Waals surface area (Å²) in [7, 11) is 0. The van der Waals surface area contributed by atoms with E-state index >= 15 is 0 Å². The average molecular weight is 131 g/mol. The zero-order chi connectivity index (χ0) is 7.11. The molecule has 54 valence electrons. The molecule has 0 aliphatic heterocycles. The van der Waals surface area contributed by atoms with Crippen molar-refractivity contribution in [2.75, 3.05) is 13.1 Å². The van der Waals surface area contributed by atoms with Crippen LogP contribution in [-0.2, 0) is 4.79 Å². The average Bonchev–Trinajstić information content (AvgIpc) is 1.89. The number of hydrogen-bond acceptors (Lipinski definition) is 1. The second-order valence-corrected chi connectivity index (χ2v) is 1.91. The van der Waals surface area contributed by atoms with Gasteiger partial charge in [-0.15, -0.1) is 0 Å². The lowest BCUT2D eigenvalue weighted by Crippen LogP contribution is -2.51. The molecule has 0 radical (unpaired) electrons. The third-order valence-electron chi connectivity index (χ3n) is 1.07. The smallest absolute Gasteiger partial charge is 0.219 e. The molecule has 4 N–H and O–H groups in total. The molecule has 0 aromatic rings. The highest BCUT2D eigenvalue weighted by atomic mass is 16.1. The second-order valence-electron chi connectivity index (χ2n) is 1.91. The Labute approximate surface area is 55.6 Å². The van der Waals surface area contributed by atoms with E-state index in [4.69, 9.17) is 0 Å². The van der Waals surface area contributed by atoms with E-state index < -0.39 is 0 Å². The van der Waals surface area contributed by atoms with Crippen LogP contribution in [0.2, 0.25) is 0 Å². The Morgan fingerprint density at radius 2 is 2.33 bits per heavy atom. The Kier molecular flexibility index (Phi) is 5.21. The lowest BCUT2D eigenvalue weighted by Gasteiger charge is -1.98. The molecule has 3 nitrogen and oxygen atoms in total. The van der Waals surface area contributed by atoms with Crippen molar-refractivity contribution in [2.45, 2.75) is 19.8 Å². The van der Waals surface area contributed by atoms with Gasteiger partial charge < -0.3 is 11.1 Å². The quantitative estimate of drug-likeness (QED) is 0.479. The van der Waals surface area contributed by atoms with Crippen molar-refractivity contribution in [2.24, 2.45) is 0 Å². The fourth-order valence-electron chi connectivity index (χ4n) is 0.478. The van der Waals surface area contributed by atoms with Crippen LogP contribution < -0.4 is 11.1 Å². The molecule has 3 heteroatoms. The second kappa shape index (κ2) is 5.56. The van der Waals surface area contributed by atoms with E-state index in [2.05, 4.69) is 11.1 Å². The lowest BCUT2D eigenvalue weighted by molar-refractivity contribution is -0.367. The summed E-state index contributed by atoms with van der Waals surface area (Å²) >= 11 is 0. The molecule has 0 saturated carbocycles. The number of amides is 1. The molecule has 0 bridgehead atoms. The Morgan fingerprint density at radius 1 is 1.67 bits per heavy atom. The Balaban J connectivity index is 2.97. The van der Waals surface area contributed by atoms with Gasteiger partial charge in [0.1, 0.15) is 0 Å². The highest BCUT2D eigenvalue weighted by molar-refractivity contribution is 5.75. The lowest BCUT2D eigenvalue weighted by atomic mass is 10.4. The van der Waals surface area contributed by atoms with Gasteiger partial charge >= 0.3 is 0 Å². The maximum atomic E-state index is 10.6. The Bertz CT molecular complexity index is 83.1. The molecule has 0 aromatic carbocycles. The van der Waals surface area contributed by atoms with Crippen molar-refractivity contribution in [3.63, 3.8) is 0 Å². The van der Waals surface area contributed by atoms with E-state index in [-0.39, 0.29) is 5.91 Å². The van der Waals surface area contributed by atoms with E-state index in [0.717, 1.165) is 19.5 Å². The topological polar surface area (TPSA) is 56.7 Å². The number of carbonyl (C=O) groups excluding carboxylic acids is 1. The fourth-order valence-corrected chi connectivity index (χ4v) is 0.478. The normalized spacial score (nSPS) is 9.11. The monoisotopic (exact) mass is 131 g/mol. The summed E-state index contributed by atoms with van der Waals surface area (Å²) in [5.41, 5.74) is 3.66. The first-order valence-corrected chi connectivity index (χ1v) is 3.37. The van der Waals surface area contributed by atoms with Crippen LogP contribution in [0.4, 0.5) is 0 Å². The van der Waals surface area contributed by atoms with Crippen molar-refractivity contribution < 1.29 is 10.5 Å². The van der Waals surface area contributed by atoms with Gasteiger partial charge in [0.25, 0.3) is 0 Å². The zero-order valence-electron chi connectivity index (χ0n) is 5.94. The van der Waals surface area contributed by atoms with Crippen LogP contribution in [0.1, 0.15) is 19.8 Å². The first-order chi connectivity index (χ1) is 4.31. The van der Waals surface area contributed by atoms with Crippen LogP contribution in [-0.4, -0.2) is 19.0 Å². The third kappa shape index (κ3) is 5.30. The maximum absolute atomic E-state index is 10.6. The van der Waals surface area contributed by atoms with Crippen molar-refractivity contribution in [3.8, 4) is 0 Å². The number of hydrogen-bond donors (Lipinski definition) is 2. The minimum absolute atomic E-state index is 0.128. The summed E-state index contributed by atoms with van der Waals surface area (Å²) < 4.78 is 0. The predicted octanol–water partition coefficient (Wildman–Crippen LogP) is -0.855. The summed E-state index contributed by atoms with van der Waals surface area (Å²) in [6.07, 6.45) is 1.56. The number of carbonyl (C=O) groups is 1. The van der Waals surface area contributed by atoms with Crippen LogP contribution in [0.3, 0.4) is 0 Å². The summed E-state index contributed by atoms with van der Waals surface area (Å²) in [4.78, 5) is 10.6. The summed E-state index contributed by atoms with van der Waals surface area (Å²) in [6, 6.07) is 0. The van der Waals surface area contributed by atoms with Crippen LogP contribution in [0, 0.1) is 0 Å². The standard InChI is InChI=1S/C6H14N2O/c1-2-6(9)8-5-3-4-7/h2-5,7H2,1H3,(H,8,9)/p+1. The minimum Gasteiger partial charge on any atom is -0.358 e. The van der Waals surface area contributed by atoms with Crippen molar-refractivity contribution in [3.05, 3.63) is 0 Å². The van der Waals surface area contributed by atoms with Gasteiger partial charge in [0.2, 0.25) is 5.91 Å². The van der Waals surface area contributed by atoms with Gasteiger partial charge in [-0.05, 0) is 0 Å². The van der Waals surface area contributed by atoms with Crippen LogP contribution in [0.15, 0.2) is 0 Å². The summed E-state index contributed by atoms with van der Waals surface area (Å²) in [5.74, 6) is 0.128. The molecule has 1 amide bonds. The van der Waals surface area contributed by atoms with Crippen molar-refractivity contribution in [1.82, 2.24) is 5.32 Å². The van der Waals surface area contributed by atoms with Gasteiger partial charge in [-0.1, -0.05) is 6.92 Å². The molecule has 0 spiro atoms. The highest BCUT2D eigenvalue weighted by Crippen LogP contribution is 1.74. The maximum Gasteiger partial charge on any atom is 0.219 e. The molecule has 0 aliphatic carbocycles. The van der Waals surface area contributed by atoms with Gasteiger partial charge in [-0.2, -0.15) is 0 Å². The van der Waals surface area contributed by atoms with E-state index in [1.54, 1.807) is 0 Å².